The topological polar surface area (TPSA) is 46.5 Å². The molecule has 0 aromatic heterocycles. The fraction of sp³-hybridized carbons (Fsp3) is 0.923. The van der Waals surface area contributed by atoms with Gasteiger partial charge in [0.15, 0.2) is 0 Å². The summed E-state index contributed by atoms with van der Waals surface area (Å²) in [6.07, 6.45) is 5.55. The lowest BCUT2D eigenvalue weighted by molar-refractivity contribution is -0.153. The molecule has 1 rings (SSSR count). The zero-order valence-corrected chi connectivity index (χ0v) is 10.7. The van der Waals surface area contributed by atoms with Gasteiger partial charge in [-0.05, 0) is 40.0 Å². The predicted octanol–water partition coefficient (Wildman–Crippen LogP) is 3.23. The largest absolute Gasteiger partial charge is 0.481 e. The van der Waals surface area contributed by atoms with Crippen LogP contribution >= 0.6 is 0 Å². The highest BCUT2D eigenvalue weighted by molar-refractivity contribution is 5.74. The van der Waals surface area contributed by atoms with E-state index >= 15 is 0 Å². The van der Waals surface area contributed by atoms with E-state index in [0.717, 1.165) is 25.7 Å². The smallest absolute Gasteiger partial charge is 0.309 e. The van der Waals surface area contributed by atoms with Crippen molar-refractivity contribution in [2.75, 3.05) is 6.61 Å². The number of hydrogen-bond donors (Lipinski definition) is 1. The van der Waals surface area contributed by atoms with E-state index in [0.29, 0.717) is 13.0 Å². The lowest BCUT2D eigenvalue weighted by Crippen LogP contribution is -2.35. The number of carbonyl (C=O) groups is 1. The average molecular weight is 228 g/mol. The van der Waals surface area contributed by atoms with Crippen molar-refractivity contribution in [2.24, 2.45) is 5.41 Å². The molecule has 0 atom stereocenters. The number of aliphatic carboxylic acids is 1. The van der Waals surface area contributed by atoms with Gasteiger partial charge in [-0.1, -0.05) is 19.3 Å². The first-order valence-electron chi connectivity index (χ1n) is 6.23. The standard InChI is InChI=1S/C13H24O3/c1-12(2,3)16-10-9-13(11(14)15)7-5-4-6-8-13/h4-10H2,1-3H3,(H,14,15). The van der Waals surface area contributed by atoms with E-state index in [2.05, 4.69) is 0 Å². The van der Waals surface area contributed by atoms with E-state index in [9.17, 15) is 9.90 Å². The molecule has 3 nitrogen and oxygen atoms in total. The zero-order valence-electron chi connectivity index (χ0n) is 10.7. The monoisotopic (exact) mass is 228 g/mol. The Morgan fingerprint density at radius 3 is 2.25 bits per heavy atom. The van der Waals surface area contributed by atoms with Crippen molar-refractivity contribution in [3.8, 4) is 0 Å². The third kappa shape index (κ3) is 3.78. The number of carboxylic acid groups (broad SMARTS) is 1. The second-order valence-corrected chi connectivity index (χ2v) is 5.86. The summed E-state index contributed by atoms with van der Waals surface area (Å²) in [5, 5.41) is 9.36. The van der Waals surface area contributed by atoms with Crippen molar-refractivity contribution in [2.45, 2.75) is 64.9 Å². The Balaban J connectivity index is 2.48. The Bertz CT molecular complexity index is 234. The fourth-order valence-corrected chi connectivity index (χ4v) is 2.35. The molecule has 94 valence electrons. The van der Waals surface area contributed by atoms with Crippen LogP contribution in [0.15, 0.2) is 0 Å². The normalized spacial score (nSPS) is 20.7. The SMILES string of the molecule is CC(C)(C)OCCC1(C(=O)O)CCCCC1. The molecular weight excluding hydrogens is 204 g/mol. The highest BCUT2D eigenvalue weighted by Gasteiger charge is 2.39. The minimum atomic E-state index is -0.635. The maximum atomic E-state index is 11.4. The molecule has 3 heteroatoms. The van der Waals surface area contributed by atoms with Crippen molar-refractivity contribution in [1.82, 2.24) is 0 Å². The average Bonchev–Trinajstić information content (AvgIpc) is 2.17. The summed E-state index contributed by atoms with van der Waals surface area (Å²) in [6, 6.07) is 0. The van der Waals surface area contributed by atoms with Crippen LogP contribution in [0.5, 0.6) is 0 Å². The van der Waals surface area contributed by atoms with Crippen molar-refractivity contribution in [1.29, 1.82) is 0 Å². The molecule has 1 N–H and O–H groups in total. The first-order chi connectivity index (χ1) is 7.36. The van der Waals surface area contributed by atoms with Gasteiger partial charge in [0.1, 0.15) is 0 Å². The highest BCUT2D eigenvalue weighted by Crippen LogP contribution is 2.39. The molecule has 0 heterocycles. The summed E-state index contributed by atoms with van der Waals surface area (Å²) in [4.78, 5) is 11.4. The van der Waals surface area contributed by atoms with E-state index in [-0.39, 0.29) is 5.60 Å². The minimum Gasteiger partial charge on any atom is -0.481 e. The van der Waals surface area contributed by atoms with Crippen molar-refractivity contribution in [3.63, 3.8) is 0 Å². The molecule has 0 bridgehead atoms. The fourth-order valence-electron chi connectivity index (χ4n) is 2.35. The van der Waals surface area contributed by atoms with Gasteiger partial charge < -0.3 is 9.84 Å². The van der Waals surface area contributed by atoms with Crippen LogP contribution in [0.4, 0.5) is 0 Å². The van der Waals surface area contributed by atoms with Gasteiger partial charge in [-0.3, -0.25) is 4.79 Å². The van der Waals surface area contributed by atoms with Gasteiger partial charge in [0.25, 0.3) is 0 Å². The molecule has 0 aliphatic heterocycles. The molecule has 0 amide bonds. The number of rotatable bonds is 4. The van der Waals surface area contributed by atoms with Crippen LogP contribution < -0.4 is 0 Å². The first kappa shape index (κ1) is 13.5. The van der Waals surface area contributed by atoms with E-state index < -0.39 is 11.4 Å². The van der Waals surface area contributed by atoms with Gasteiger partial charge in [0, 0.05) is 6.61 Å². The molecule has 1 aliphatic carbocycles. The zero-order chi connectivity index (χ0) is 12.2. The quantitative estimate of drug-likeness (QED) is 0.803. The summed E-state index contributed by atoms with van der Waals surface area (Å²) in [5.41, 5.74) is -0.683. The van der Waals surface area contributed by atoms with Gasteiger partial charge in [-0.15, -0.1) is 0 Å². The molecule has 16 heavy (non-hydrogen) atoms. The van der Waals surface area contributed by atoms with Crippen LogP contribution in [-0.2, 0) is 9.53 Å². The van der Waals surface area contributed by atoms with Gasteiger partial charge in [0.2, 0.25) is 0 Å². The van der Waals surface area contributed by atoms with Crippen LogP contribution in [-0.4, -0.2) is 23.3 Å². The summed E-state index contributed by atoms with van der Waals surface area (Å²) in [6.45, 7) is 6.56. The first-order valence-corrected chi connectivity index (χ1v) is 6.23. The Labute approximate surface area is 98.2 Å². The van der Waals surface area contributed by atoms with E-state index in [1.165, 1.54) is 6.42 Å². The van der Waals surface area contributed by atoms with Gasteiger partial charge in [-0.25, -0.2) is 0 Å². The van der Waals surface area contributed by atoms with Crippen LogP contribution in [0, 0.1) is 5.41 Å². The van der Waals surface area contributed by atoms with Crippen LogP contribution in [0.3, 0.4) is 0 Å². The molecule has 0 aromatic carbocycles. The van der Waals surface area contributed by atoms with Crippen LogP contribution in [0.2, 0.25) is 0 Å². The molecule has 0 aromatic rings. The Morgan fingerprint density at radius 1 is 1.25 bits per heavy atom. The molecule has 1 aliphatic rings. The number of carboxylic acids is 1. The van der Waals surface area contributed by atoms with Crippen molar-refractivity contribution >= 4 is 5.97 Å². The van der Waals surface area contributed by atoms with E-state index in [1.807, 2.05) is 20.8 Å². The Morgan fingerprint density at radius 2 is 1.81 bits per heavy atom. The summed E-state index contributed by atoms with van der Waals surface area (Å²) < 4.78 is 5.64. The lowest BCUT2D eigenvalue weighted by Gasteiger charge is -2.34. The highest BCUT2D eigenvalue weighted by atomic mass is 16.5. The second-order valence-electron chi connectivity index (χ2n) is 5.86. The van der Waals surface area contributed by atoms with E-state index in [1.54, 1.807) is 0 Å². The molecule has 1 fully saturated rings. The summed E-state index contributed by atoms with van der Waals surface area (Å²) in [5.74, 6) is -0.635. The summed E-state index contributed by atoms with van der Waals surface area (Å²) in [7, 11) is 0. The van der Waals surface area contributed by atoms with Gasteiger partial charge in [-0.2, -0.15) is 0 Å². The Hall–Kier alpha value is -0.570. The molecule has 1 saturated carbocycles. The number of hydrogen-bond acceptors (Lipinski definition) is 2. The van der Waals surface area contributed by atoms with E-state index in [4.69, 9.17) is 4.74 Å². The third-order valence-corrected chi connectivity index (χ3v) is 3.38. The number of ether oxygens (including phenoxy) is 1. The van der Waals surface area contributed by atoms with Gasteiger partial charge >= 0.3 is 5.97 Å². The van der Waals surface area contributed by atoms with Crippen molar-refractivity contribution in [3.05, 3.63) is 0 Å². The van der Waals surface area contributed by atoms with Crippen LogP contribution in [0.25, 0.3) is 0 Å². The third-order valence-electron chi connectivity index (χ3n) is 3.38. The lowest BCUT2D eigenvalue weighted by atomic mass is 9.72. The molecule has 0 radical (unpaired) electrons. The maximum absolute atomic E-state index is 11.4. The Kier molecular flexibility index (Phi) is 4.36. The minimum absolute atomic E-state index is 0.172. The summed E-state index contributed by atoms with van der Waals surface area (Å²) >= 11 is 0. The van der Waals surface area contributed by atoms with Crippen LogP contribution in [0.1, 0.15) is 59.3 Å². The molecule has 0 spiro atoms. The maximum Gasteiger partial charge on any atom is 0.309 e. The molecular formula is C13H24O3. The molecule has 0 unspecified atom stereocenters. The van der Waals surface area contributed by atoms with Crippen molar-refractivity contribution < 1.29 is 14.6 Å². The predicted molar refractivity (Wildman–Crippen MR) is 63.5 cm³/mol. The second kappa shape index (κ2) is 5.17. The van der Waals surface area contributed by atoms with Gasteiger partial charge in [0.05, 0.1) is 11.0 Å². The molecule has 0 saturated heterocycles.